The molecule has 0 amide bonds. The molecule has 0 unspecified atom stereocenters. The van der Waals surface area contributed by atoms with Crippen LogP contribution >= 0.6 is 0 Å². The van der Waals surface area contributed by atoms with E-state index in [0.717, 1.165) is 24.6 Å². The maximum Gasteiger partial charge on any atom is 0.142 e. The van der Waals surface area contributed by atoms with Gasteiger partial charge in [0.1, 0.15) is 12.4 Å². The minimum absolute atomic E-state index is 0.677. The molecule has 3 heteroatoms. The number of ether oxygens (including phenoxy) is 1. The molecule has 0 spiro atoms. The first-order chi connectivity index (χ1) is 6.31. The zero-order chi connectivity index (χ0) is 9.26. The summed E-state index contributed by atoms with van der Waals surface area (Å²) in [6.45, 7) is 1.59. The van der Waals surface area contributed by atoms with Crippen LogP contribution in [0.4, 0.5) is 5.69 Å². The number of benzene rings is 1. The molecule has 1 heterocycles. The van der Waals surface area contributed by atoms with Crippen molar-refractivity contribution in [2.24, 2.45) is 0 Å². The van der Waals surface area contributed by atoms with Crippen LogP contribution in [0.15, 0.2) is 18.2 Å². The summed E-state index contributed by atoms with van der Waals surface area (Å²) in [5.41, 5.74) is 1.68. The third-order valence-electron chi connectivity index (χ3n) is 2.18. The van der Waals surface area contributed by atoms with E-state index >= 15 is 0 Å². The molecule has 0 saturated heterocycles. The Hall–Kier alpha value is -1.69. The third-order valence-corrected chi connectivity index (χ3v) is 2.18. The number of anilines is 1. The van der Waals surface area contributed by atoms with E-state index in [9.17, 15) is 0 Å². The van der Waals surface area contributed by atoms with Gasteiger partial charge >= 0.3 is 0 Å². The molecule has 13 heavy (non-hydrogen) atoms. The summed E-state index contributed by atoms with van der Waals surface area (Å²) in [4.78, 5) is 2.10. The van der Waals surface area contributed by atoms with Crippen molar-refractivity contribution in [3.63, 3.8) is 0 Å². The van der Waals surface area contributed by atoms with E-state index in [2.05, 4.69) is 11.0 Å². The maximum atomic E-state index is 8.72. The lowest BCUT2D eigenvalue weighted by atomic mass is 10.2. The minimum atomic E-state index is 0.677. The van der Waals surface area contributed by atoms with Gasteiger partial charge in [-0.1, -0.05) is 0 Å². The van der Waals surface area contributed by atoms with Gasteiger partial charge in [-0.15, -0.1) is 0 Å². The van der Waals surface area contributed by atoms with Crippen LogP contribution in [-0.4, -0.2) is 20.2 Å². The first kappa shape index (κ1) is 7.93. The van der Waals surface area contributed by atoms with Crippen LogP contribution in [-0.2, 0) is 0 Å². The van der Waals surface area contributed by atoms with Crippen molar-refractivity contribution >= 4 is 5.69 Å². The summed E-state index contributed by atoms with van der Waals surface area (Å²) < 4.78 is 5.44. The van der Waals surface area contributed by atoms with E-state index in [0.29, 0.717) is 5.56 Å². The Balaban J connectivity index is 2.48. The fourth-order valence-electron chi connectivity index (χ4n) is 1.42. The number of rotatable bonds is 0. The average molecular weight is 174 g/mol. The van der Waals surface area contributed by atoms with Crippen molar-refractivity contribution in [2.45, 2.75) is 0 Å². The van der Waals surface area contributed by atoms with Crippen LogP contribution < -0.4 is 9.64 Å². The monoisotopic (exact) mass is 174 g/mol. The molecule has 1 aromatic rings. The topological polar surface area (TPSA) is 36.3 Å². The van der Waals surface area contributed by atoms with Crippen LogP contribution in [0.2, 0.25) is 0 Å². The van der Waals surface area contributed by atoms with Gasteiger partial charge in [0.25, 0.3) is 0 Å². The molecule has 0 atom stereocenters. The number of likely N-dealkylation sites (N-methyl/N-ethyl adjacent to an activating group) is 1. The number of nitriles is 1. The van der Waals surface area contributed by atoms with Crippen LogP contribution in [0.25, 0.3) is 0 Å². The van der Waals surface area contributed by atoms with E-state index in [1.165, 1.54) is 0 Å². The predicted octanol–water partition coefficient (Wildman–Crippen LogP) is 1.39. The van der Waals surface area contributed by atoms with E-state index < -0.39 is 0 Å². The summed E-state index contributed by atoms with van der Waals surface area (Å²) in [6.07, 6.45) is 0. The molecule has 0 fully saturated rings. The summed E-state index contributed by atoms with van der Waals surface area (Å²) in [5, 5.41) is 8.72. The molecule has 1 aromatic carbocycles. The van der Waals surface area contributed by atoms with Crippen molar-refractivity contribution in [3.05, 3.63) is 23.8 Å². The van der Waals surface area contributed by atoms with Crippen LogP contribution in [0.1, 0.15) is 5.56 Å². The smallest absolute Gasteiger partial charge is 0.142 e. The largest absolute Gasteiger partial charge is 0.490 e. The van der Waals surface area contributed by atoms with Crippen molar-refractivity contribution < 1.29 is 4.74 Å². The predicted molar refractivity (Wildman–Crippen MR) is 49.9 cm³/mol. The summed E-state index contributed by atoms with van der Waals surface area (Å²) in [6, 6.07) is 7.60. The number of hydrogen-bond donors (Lipinski definition) is 0. The molecule has 1 aliphatic rings. The molecule has 0 aromatic heterocycles. The van der Waals surface area contributed by atoms with Gasteiger partial charge in [-0.2, -0.15) is 5.26 Å². The number of nitrogens with zero attached hydrogens (tertiary/aromatic N) is 2. The summed E-state index contributed by atoms with van der Waals surface area (Å²) in [5.74, 6) is 0.868. The quantitative estimate of drug-likeness (QED) is 0.596. The lowest BCUT2D eigenvalue weighted by Crippen LogP contribution is -2.28. The van der Waals surface area contributed by atoms with Gasteiger partial charge in [0.2, 0.25) is 0 Å². The van der Waals surface area contributed by atoms with Crippen molar-refractivity contribution in [1.29, 1.82) is 5.26 Å². The number of fused-ring (bicyclic) bond motifs is 1. The fraction of sp³-hybridized carbons (Fsp3) is 0.300. The third kappa shape index (κ3) is 1.31. The highest BCUT2D eigenvalue weighted by Crippen LogP contribution is 2.30. The summed E-state index contributed by atoms with van der Waals surface area (Å²) in [7, 11) is 2.00. The minimum Gasteiger partial charge on any atom is -0.490 e. The molecule has 0 bridgehead atoms. The SMILES string of the molecule is CN1CCOc2ccc(C#N)cc21. The Bertz CT molecular complexity index is 368. The Kier molecular flexibility index (Phi) is 1.82. The van der Waals surface area contributed by atoms with E-state index in [4.69, 9.17) is 10.00 Å². The molecular formula is C10H10N2O. The Morgan fingerprint density at radius 2 is 2.38 bits per heavy atom. The van der Waals surface area contributed by atoms with Gasteiger partial charge in [-0.05, 0) is 18.2 Å². The molecule has 0 N–H and O–H groups in total. The molecule has 66 valence electrons. The van der Waals surface area contributed by atoms with E-state index in [1.807, 2.05) is 19.2 Å². The molecule has 2 rings (SSSR count). The lowest BCUT2D eigenvalue weighted by Gasteiger charge is -2.27. The first-order valence-electron chi connectivity index (χ1n) is 4.19. The average Bonchev–Trinajstić information content (AvgIpc) is 2.18. The molecule has 3 nitrogen and oxygen atoms in total. The molecular weight excluding hydrogens is 164 g/mol. The van der Waals surface area contributed by atoms with Gasteiger partial charge in [-0.3, -0.25) is 0 Å². The highest BCUT2D eigenvalue weighted by atomic mass is 16.5. The van der Waals surface area contributed by atoms with Gasteiger partial charge in [0.15, 0.2) is 0 Å². The normalized spacial score (nSPS) is 14.3. The van der Waals surface area contributed by atoms with E-state index in [1.54, 1.807) is 6.07 Å². The Morgan fingerprint density at radius 1 is 1.54 bits per heavy atom. The zero-order valence-corrected chi connectivity index (χ0v) is 7.45. The highest BCUT2D eigenvalue weighted by molar-refractivity contribution is 5.62. The summed E-state index contributed by atoms with van der Waals surface area (Å²) >= 11 is 0. The molecule has 0 aliphatic carbocycles. The standard InChI is InChI=1S/C10H10N2O/c1-12-4-5-13-10-3-2-8(7-11)6-9(10)12/h2-3,6H,4-5H2,1H3. The second-order valence-electron chi connectivity index (χ2n) is 3.06. The van der Waals surface area contributed by atoms with E-state index in [-0.39, 0.29) is 0 Å². The van der Waals surface area contributed by atoms with Crippen LogP contribution in [0.5, 0.6) is 5.75 Å². The lowest BCUT2D eigenvalue weighted by molar-refractivity contribution is 0.311. The number of hydrogen-bond acceptors (Lipinski definition) is 3. The van der Waals surface area contributed by atoms with Crippen molar-refractivity contribution in [1.82, 2.24) is 0 Å². The van der Waals surface area contributed by atoms with Gasteiger partial charge in [0.05, 0.1) is 23.9 Å². The van der Waals surface area contributed by atoms with Crippen molar-refractivity contribution in [2.75, 3.05) is 25.1 Å². The molecule has 1 aliphatic heterocycles. The Morgan fingerprint density at radius 3 is 3.15 bits per heavy atom. The first-order valence-corrected chi connectivity index (χ1v) is 4.19. The zero-order valence-electron chi connectivity index (χ0n) is 7.45. The van der Waals surface area contributed by atoms with Crippen LogP contribution in [0, 0.1) is 11.3 Å². The highest BCUT2D eigenvalue weighted by Gasteiger charge is 2.14. The second kappa shape index (κ2) is 2.98. The molecule has 0 radical (unpaired) electrons. The van der Waals surface area contributed by atoms with Crippen LogP contribution in [0.3, 0.4) is 0 Å². The fourth-order valence-corrected chi connectivity index (χ4v) is 1.42. The maximum absolute atomic E-state index is 8.72. The van der Waals surface area contributed by atoms with Gasteiger partial charge < -0.3 is 9.64 Å². The second-order valence-corrected chi connectivity index (χ2v) is 3.06. The van der Waals surface area contributed by atoms with Gasteiger partial charge in [-0.25, -0.2) is 0 Å². The van der Waals surface area contributed by atoms with Crippen molar-refractivity contribution in [3.8, 4) is 11.8 Å². The molecule has 0 saturated carbocycles. The Labute approximate surface area is 77.2 Å². The van der Waals surface area contributed by atoms with Gasteiger partial charge in [0, 0.05) is 7.05 Å².